The SMILES string of the molecule is CCOc1ccccc1C(=O)N[C@@H]1CN(CCC(=O)O)C[C@H]1C1CC1. The number of carbonyl (C=O) groups is 2. The molecule has 3 rings (SSSR count). The number of hydrogen-bond acceptors (Lipinski definition) is 4. The average molecular weight is 346 g/mol. The quantitative estimate of drug-likeness (QED) is 0.753. The second kappa shape index (κ2) is 7.87. The molecule has 25 heavy (non-hydrogen) atoms. The molecule has 1 heterocycles. The minimum absolute atomic E-state index is 0.0727. The third-order valence-corrected chi connectivity index (χ3v) is 5.06. The summed E-state index contributed by atoms with van der Waals surface area (Å²) in [5, 5.41) is 12.1. The van der Waals surface area contributed by atoms with Gasteiger partial charge in [0, 0.05) is 25.7 Å². The molecular weight excluding hydrogens is 320 g/mol. The molecule has 6 nitrogen and oxygen atoms in total. The third kappa shape index (κ3) is 4.51. The zero-order valence-electron chi connectivity index (χ0n) is 14.6. The van der Waals surface area contributed by atoms with E-state index in [1.807, 2.05) is 25.1 Å². The van der Waals surface area contributed by atoms with Crippen molar-refractivity contribution in [1.82, 2.24) is 10.2 Å². The number of nitrogens with zero attached hydrogens (tertiary/aromatic N) is 1. The van der Waals surface area contributed by atoms with E-state index in [1.165, 1.54) is 12.8 Å². The highest BCUT2D eigenvalue weighted by Crippen LogP contribution is 2.41. The molecule has 1 aromatic rings. The Morgan fingerprint density at radius 1 is 1.28 bits per heavy atom. The molecule has 2 N–H and O–H groups in total. The molecule has 0 aromatic heterocycles. The molecule has 1 saturated carbocycles. The van der Waals surface area contributed by atoms with Crippen LogP contribution in [0.2, 0.25) is 0 Å². The second-order valence-electron chi connectivity index (χ2n) is 6.91. The molecule has 136 valence electrons. The molecule has 2 atom stereocenters. The van der Waals surface area contributed by atoms with Crippen LogP contribution in [0.5, 0.6) is 5.75 Å². The van der Waals surface area contributed by atoms with Gasteiger partial charge < -0.3 is 20.1 Å². The molecule has 1 aromatic carbocycles. The molecule has 2 aliphatic rings. The molecule has 0 unspecified atom stereocenters. The zero-order valence-corrected chi connectivity index (χ0v) is 14.6. The maximum atomic E-state index is 12.8. The number of rotatable bonds is 8. The van der Waals surface area contributed by atoms with E-state index in [1.54, 1.807) is 6.07 Å². The van der Waals surface area contributed by atoms with Gasteiger partial charge in [-0.15, -0.1) is 0 Å². The van der Waals surface area contributed by atoms with Gasteiger partial charge in [0.25, 0.3) is 5.91 Å². The van der Waals surface area contributed by atoms with E-state index in [0.29, 0.717) is 36.3 Å². The van der Waals surface area contributed by atoms with Crippen molar-refractivity contribution in [2.24, 2.45) is 11.8 Å². The highest BCUT2D eigenvalue weighted by Gasteiger charge is 2.43. The number of carboxylic acids is 1. The van der Waals surface area contributed by atoms with Crippen LogP contribution in [0.3, 0.4) is 0 Å². The van der Waals surface area contributed by atoms with Crippen LogP contribution in [-0.4, -0.2) is 54.2 Å². The fourth-order valence-corrected chi connectivity index (χ4v) is 3.69. The van der Waals surface area contributed by atoms with Crippen molar-refractivity contribution in [2.75, 3.05) is 26.2 Å². The van der Waals surface area contributed by atoms with Crippen LogP contribution in [0.25, 0.3) is 0 Å². The zero-order chi connectivity index (χ0) is 17.8. The molecule has 1 aliphatic heterocycles. The fraction of sp³-hybridized carbons (Fsp3) is 0.579. The number of ether oxygens (including phenoxy) is 1. The lowest BCUT2D eigenvalue weighted by molar-refractivity contribution is -0.137. The predicted molar refractivity (Wildman–Crippen MR) is 93.8 cm³/mol. The Hall–Kier alpha value is -2.08. The van der Waals surface area contributed by atoms with Crippen molar-refractivity contribution in [2.45, 2.75) is 32.2 Å². The van der Waals surface area contributed by atoms with E-state index in [-0.39, 0.29) is 18.4 Å². The lowest BCUT2D eigenvalue weighted by atomic mass is 9.97. The van der Waals surface area contributed by atoms with Gasteiger partial charge in [-0.3, -0.25) is 9.59 Å². The van der Waals surface area contributed by atoms with Gasteiger partial charge in [-0.05, 0) is 43.7 Å². The lowest BCUT2D eigenvalue weighted by Gasteiger charge is -2.20. The third-order valence-electron chi connectivity index (χ3n) is 5.06. The van der Waals surface area contributed by atoms with Crippen LogP contribution in [0, 0.1) is 11.8 Å². The van der Waals surface area contributed by atoms with Gasteiger partial charge in [0.2, 0.25) is 0 Å². The summed E-state index contributed by atoms with van der Waals surface area (Å²) in [4.78, 5) is 25.7. The van der Waals surface area contributed by atoms with Crippen molar-refractivity contribution in [3.8, 4) is 5.75 Å². The number of nitrogens with one attached hydrogen (secondary N) is 1. The van der Waals surface area contributed by atoms with E-state index >= 15 is 0 Å². The first kappa shape index (κ1) is 17.7. The Morgan fingerprint density at radius 3 is 2.72 bits per heavy atom. The van der Waals surface area contributed by atoms with Crippen molar-refractivity contribution >= 4 is 11.9 Å². The topological polar surface area (TPSA) is 78.9 Å². The summed E-state index contributed by atoms with van der Waals surface area (Å²) in [5.41, 5.74) is 0.558. The summed E-state index contributed by atoms with van der Waals surface area (Å²) in [6.45, 7) is 4.55. The van der Waals surface area contributed by atoms with E-state index < -0.39 is 5.97 Å². The van der Waals surface area contributed by atoms with Gasteiger partial charge in [-0.1, -0.05) is 12.1 Å². The summed E-state index contributed by atoms with van der Waals surface area (Å²) >= 11 is 0. The van der Waals surface area contributed by atoms with Gasteiger partial charge >= 0.3 is 5.97 Å². The molecule has 6 heteroatoms. The molecule has 2 fully saturated rings. The van der Waals surface area contributed by atoms with E-state index in [0.717, 1.165) is 13.1 Å². The Balaban J connectivity index is 1.65. The van der Waals surface area contributed by atoms with Gasteiger partial charge in [0.1, 0.15) is 5.75 Å². The molecule has 0 radical (unpaired) electrons. The maximum absolute atomic E-state index is 12.8. The van der Waals surface area contributed by atoms with Gasteiger partial charge in [0.05, 0.1) is 18.6 Å². The molecule has 0 spiro atoms. The number of benzene rings is 1. The Labute approximate surface area is 148 Å². The van der Waals surface area contributed by atoms with Crippen LogP contribution in [-0.2, 0) is 4.79 Å². The van der Waals surface area contributed by atoms with Crippen LogP contribution in [0.4, 0.5) is 0 Å². The number of aliphatic carboxylic acids is 1. The van der Waals surface area contributed by atoms with E-state index in [9.17, 15) is 9.59 Å². The first-order valence-corrected chi connectivity index (χ1v) is 9.05. The van der Waals surface area contributed by atoms with Crippen molar-refractivity contribution in [3.63, 3.8) is 0 Å². The Kier molecular flexibility index (Phi) is 5.58. The summed E-state index contributed by atoms with van der Waals surface area (Å²) in [5.74, 6) is 0.784. The number of carbonyl (C=O) groups excluding carboxylic acids is 1. The summed E-state index contributed by atoms with van der Waals surface area (Å²) in [6.07, 6.45) is 2.56. The molecular formula is C19H26N2O4. The van der Waals surface area contributed by atoms with Gasteiger partial charge in [-0.25, -0.2) is 0 Å². The van der Waals surface area contributed by atoms with Crippen LogP contribution < -0.4 is 10.1 Å². The van der Waals surface area contributed by atoms with Gasteiger partial charge in [0.15, 0.2) is 0 Å². The summed E-state index contributed by atoms with van der Waals surface area (Å²) in [7, 11) is 0. The van der Waals surface area contributed by atoms with E-state index in [2.05, 4.69) is 10.2 Å². The monoisotopic (exact) mass is 346 g/mol. The first-order valence-electron chi connectivity index (χ1n) is 9.05. The number of hydrogen-bond donors (Lipinski definition) is 2. The number of para-hydroxylation sites is 1. The summed E-state index contributed by atoms with van der Waals surface area (Å²) < 4.78 is 5.56. The summed E-state index contributed by atoms with van der Waals surface area (Å²) in [6, 6.07) is 7.36. The maximum Gasteiger partial charge on any atom is 0.304 e. The second-order valence-corrected chi connectivity index (χ2v) is 6.91. The van der Waals surface area contributed by atoms with E-state index in [4.69, 9.17) is 9.84 Å². The molecule has 1 amide bonds. The minimum atomic E-state index is -0.777. The van der Waals surface area contributed by atoms with Crippen LogP contribution in [0.15, 0.2) is 24.3 Å². The molecule has 1 saturated heterocycles. The number of likely N-dealkylation sites (tertiary alicyclic amines) is 1. The number of carboxylic acid groups (broad SMARTS) is 1. The first-order chi connectivity index (χ1) is 12.1. The largest absolute Gasteiger partial charge is 0.493 e. The normalized spacial score (nSPS) is 23.4. The lowest BCUT2D eigenvalue weighted by Crippen LogP contribution is -2.41. The smallest absolute Gasteiger partial charge is 0.304 e. The minimum Gasteiger partial charge on any atom is -0.493 e. The average Bonchev–Trinajstić information content (AvgIpc) is 3.35. The predicted octanol–water partition coefficient (Wildman–Crippen LogP) is 2.00. The standard InChI is InChI=1S/C19H26N2O4/c1-2-25-17-6-4-3-5-14(17)19(24)20-16-12-21(10-9-18(22)23)11-15(16)13-7-8-13/h3-6,13,15-16H,2,7-12H2,1H3,(H,20,24)(H,22,23)/t15-,16+/m0/s1. The van der Waals surface area contributed by atoms with Crippen LogP contribution >= 0.6 is 0 Å². The number of amides is 1. The van der Waals surface area contributed by atoms with Crippen molar-refractivity contribution in [1.29, 1.82) is 0 Å². The molecule has 1 aliphatic carbocycles. The highest BCUT2D eigenvalue weighted by molar-refractivity contribution is 5.97. The fourth-order valence-electron chi connectivity index (χ4n) is 3.69. The Bertz CT molecular complexity index is 630. The van der Waals surface area contributed by atoms with Crippen molar-refractivity contribution < 1.29 is 19.4 Å². The van der Waals surface area contributed by atoms with Gasteiger partial charge in [-0.2, -0.15) is 0 Å². The Morgan fingerprint density at radius 2 is 2.04 bits per heavy atom. The molecule has 0 bridgehead atoms. The highest BCUT2D eigenvalue weighted by atomic mass is 16.5. The van der Waals surface area contributed by atoms with Crippen LogP contribution in [0.1, 0.15) is 36.5 Å². The van der Waals surface area contributed by atoms with Crippen molar-refractivity contribution in [3.05, 3.63) is 29.8 Å².